The minimum Gasteiger partial charge on any atom is -0.481 e. The molecule has 0 heterocycles. The number of carbonyl (C=O) groups excluding carboxylic acids is 1. The van der Waals surface area contributed by atoms with Crippen LogP contribution < -0.4 is 0 Å². The standard InChI is InChI=1S/C8H10O3/c1-5-2-3-6(9)4-7(5)8(10)11/h2,7H,3-4H2,1H3,(H,10,11). The summed E-state index contributed by atoms with van der Waals surface area (Å²) in [7, 11) is 0. The second-order valence-corrected chi connectivity index (χ2v) is 2.79. The van der Waals surface area contributed by atoms with Gasteiger partial charge in [0.15, 0.2) is 0 Å². The van der Waals surface area contributed by atoms with E-state index in [-0.39, 0.29) is 12.2 Å². The van der Waals surface area contributed by atoms with Crippen LogP contribution in [0.1, 0.15) is 19.8 Å². The van der Waals surface area contributed by atoms with Crippen molar-refractivity contribution in [2.45, 2.75) is 19.8 Å². The summed E-state index contributed by atoms with van der Waals surface area (Å²) in [4.78, 5) is 21.3. The van der Waals surface area contributed by atoms with Gasteiger partial charge in [-0.2, -0.15) is 0 Å². The molecule has 0 amide bonds. The smallest absolute Gasteiger partial charge is 0.311 e. The van der Waals surface area contributed by atoms with Crippen molar-refractivity contribution in [3.8, 4) is 0 Å². The van der Waals surface area contributed by atoms with Gasteiger partial charge in [-0.25, -0.2) is 0 Å². The molecule has 0 bridgehead atoms. The van der Waals surface area contributed by atoms with Crippen LogP contribution in [0.25, 0.3) is 0 Å². The molecule has 11 heavy (non-hydrogen) atoms. The van der Waals surface area contributed by atoms with Gasteiger partial charge in [0.2, 0.25) is 0 Å². The Hall–Kier alpha value is -1.12. The van der Waals surface area contributed by atoms with Crippen molar-refractivity contribution in [3.63, 3.8) is 0 Å². The Labute approximate surface area is 64.7 Å². The first-order valence-corrected chi connectivity index (χ1v) is 3.52. The molecule has 3 nitrogen and oxygen atoms in total. The number of carboxylic acids is 1. The molecule has 1 aliphatic carbocycles. The summed E-state index contributed by atoms with van der Waals surface area (Å²) in [6.07, 6.45) is 2.26. The molecule has 0 spiro atoms. The summed E-state index contributed by atoms with van der Waals surface area (Å²) in [5.41, 5.74) is 0.803. The van der Waals surface area contributed by atoms with Crippen molar-refractivity contribution in [2.75, 3.05) is 0 Å². The minimum absolute atomic E-state index is 0.0167. The summed E-state index contributed by atoms with van der Waals surface area (Å²) < 4.78 is 0. The molecule has 0 aromatic heterocycles. The highest BCUT2D eigenvalue weighted by Crippen LogP contribution is 2.21. The average molecular weight is 154 g/mol. The van der Waals surface area contributed by atoms with E-state index in [0.717, 1.165) is 5.57 Å². The lowest BCUT2D eigenvalue weighted by molar-refractivity contribution is -0.142. The normalized spacial score (nSPS) is 24.6. The summed E-state index contributed by atoms with van der Waals surface area (Å²) in [6.45, 7) is 1.76. The first-order chi connectivity index (χ1) is 5.11. The maximum absolute atomic E-state index is 10.8. The molecule has 0 saturated carbocycles. The SMILES string of the molecule is CC1=CCC(=O)CC1C(=O)O. The van der Waals surface area contributed by atoms with Crippen molar-refractivity contribution < 1.29 is 14.7 Å². The average Bonchev–Trinajstić information content (AvgIpc) is 1.94. The molecule has 1 unspecified atom stereocenters. The Kier molecular flexibility index (Phi) is 2.08. The molecule has 0 radical (unpaired) electrons. The number of rotatable bonds is 1. The molecule has 1 rings (SSSR count). The Morgan fingerprint density at radius 3 is 2.82 bits per heavy atom. The topological polar surface area (TPSA) is 54.4 Å². The van der Waals surface area contributed by atoms with Crippen LogP contribution in [0.2, 0.25) is 0 Å². The van der Waals surface area contributed by atoms with Gasteiger partial charge >= 0.3 is 5.97 Å². The first kappa shape index (κ1) is 7.98. The monoisotopic (exact) mass is 154 g/mol. The molecular formula is C8H10O3. The van der Waals surface area contributed by atoms with E-state index in [1.54, 1.807) is 13.0 Å². The molecule has 1 aliphatic rings. The van der Waals surface area contributed by atoms with E-state index in [2.05, 4.69) is 0 Å². The van der Waals surface area contributed by atoms with Gasteiger partial charge in [-0.15, -0.1) is 0 Å². The van der Waals surface area contributed by atoms with Crippen molar-refractivity contribution in [1.29, 1.82) is 0 Å². The molecule has 3 heteroatoms. The maximum atomic E-state index is 10.8. The molecular weight excluding hydrogens is 144 g/mol. The zero-order valence-electron chi connectivity index (χ0n) is 6.33. The number of aliphatic carboxylic acids is 1. The lowest BCUT2D eigenvalue weighted by Gasteiger charge is -2.15. The quantitative estimate of drug-likeness (QED) is 0.573. The van der Waals surface area contributed by atoms with E-state index in [1.807, 2.05) is 0 Å². The lowest BCUT2D eigenvalue weighted by Crippen LogP contribution is -2.22. The van der Waals surface area contributed by atoms with E-state index in [1.165, 1.54) is 0 Å². The number of allylic oxidation sites excluding steroid dienone is 1. The fraction of sp³-hybridized carbons (Fsp3) is 0.500. The Morgan fingerprint density at radius 1 is 1.73 bits per heavy atom. The highest BCUT2D eigenvalue weighted by atomic mass is 16.4. The molecule has 0 saturated heterocycles. The van der Waals surface area contributed by atoms with Crippen LogP contribution in [-0.4, -0.2) is 16.9 Å². The summed E-state index contributed by atoms with van der Waals surface area (Å²) in [6, 6.07) is 0. The van der Waals surface area contributed by atoms with Crippen LogP contribution in [0.3, 0.4) is 0 Å². The van der Waals surface area contributed by atoms with E-state index >= 15 is 0 Å². The predicted octanol–water partition coefficient (Wildman–Crippen LogP) is 0.996. The largest absolute Gasteiger partial charge is 0.481 e. The maximum Gasteiger partial charge on any atom is 0.311 e. The van der Waals surface area contributed by atoms with Crippen LogP contribution in [0.5, 0.6) is 0 Å². The molecule has 60 valence electrons. The third-order valence-electron chi connectivity index (χ3n) is 1.93. The van der Waals surface area contributed by atoms with Crippen LogP contribution in [0, 0.1) is 5.92 Å². The summed E-state index contributed by atoms with van der Waals surface area (Å²) >= 11 is 0. The van der Waals surface area contributed by atoms with E-state index < -0.39 is 11.9 Å². The number of hydrogen-bond acceptors (Lipinski definition) is 2. The van der Waals surface area contributed by atoms with Crippen LogP contribution >= 0.6 is 0 Å². The van der Waals surface area contributed by atoms with E-state index in [4.69, 9.17) is 5.11 Å². The fourth-order valence-electron chi connectivity index (χ4n) is 1.17. The van der Waals surface area contributed by atoms with Crippen molar-refractivity contribution in [2.24, 2.45) is 5.92 Å². The van der Waals surface area contributed by atoms with E-state index in [0.29, 0.717) is 6.42 Å². The number of carbonyl (C=O) groups is 2. The van der Waals surface area contributed by atoms with Crippen molar-refractivity contribution in [1.82, 2.24) is 0 Å². The fourth-order valence-corrected chi connectivity index (χ4v) is 1.17. The van der Waals surface area contributed by atoms with Crippen LogP contribution in [-0.2, 0) is 9.59 Å². The lowest BCUT2D eigenvalue weighted by atomic mass is 9.88. The molecule has 0 aromatic carbocycles. The van der Waals surface area contributed by atoms with Crippen LogP contribution in [0.15, 0.2) is 11.6 Å². The van der Waals surface area contributed by atoms with Gasteiger partial charge in [-0.05, 0) is 6.92 Å². The summed E-state index contributed by atoms with van der Waals surface area (Å²) in [5, 5.41) is 8.63. The highest BCUT2D eigenvalue weighted by Gasteiger charge is 2.25. The minimum atomic E-state index is -0.896. The molecule has 1 N–H and O–H groups in total. The van der Waals surface area contributed by atoms with Crippen molar-refractivity contribution >= 4 is 11.8 Å². The van der Waals surface area contributed by atoms with Gasteiger partial charge < -0.3 is 5.11 Å². The van der Waals surface area contributed by atoms with Gasteiger partial charge in [0.05, 0.1) is 5.92 Å². The summed E-state index contributed by atoms with van der Waals surface area (Å²) in [5.74, 6) is -1.45. The van der Waals surface area contributed by atoms with Crippen molar-refractivity contribution in [3.05, 3.63) is 11.6 Å². The second kappa shape index (κ2) is 2.86. The predicted molar refractivity (Wildman–Crippen MR) is 39.1 cm³/mol. The molecule has 0 fully saturated rings. The molecule has 0 aromatic rings. The van der Waals surface area contributed by atoms with Gasteiger partial charge in [0.25, 0.3) is 0 Å². The Bertz CT molecular complexity index is 227. The second-order valence-electron chi connectivity index (χ2n) is 2.79. The van der Waals surface area contributed by atoms with E-state index in [9.17, 15) is 9.59 Å². The third kappa shape index (κ3) is 1.67. The number of carboxylic acid groups (broad SMARTS) is 1. The number of Topliss-reactive ketones (excluding diaryl/α,β-unsaturated/α-hetero) is 1. The third-order valence-corrected chi connectivity index (χ3v) is 1.93. The Morgan fingerprint density at radius 2 is 2.36 bits per heavy atom. The molecule has 1 atom stereocenters. The first-order valence-electron chi connectivity index (χ1n) is 3.52. The highest BCUT2D eigenvalue weighted by molar-refractivity contribution is 5.88. The van der Waals surface area contributed by atoms with Crippen LogP contribution in [0.4, 0.5) is 0 Å². The zero-order valence-corrected chi connectivity index (χ0v) is 6.33. The molecule has 0 aliphatic heterocycles. The number of hydrogen-bond donors (Lipinski definition) is 1. The Balaban J connectivity index is 2.79. The van der Waals surface area contributed by atoms with Gasteiger partial charge in [0.1, 0.15) is 5.78 Å². The van der Waals surface area contributed by atoms with Gasteiger partial charge in [-0.1, -0.05) is 11.6 Å². The van der Waals surface area contributed by atoms with Gasteiger partial charge in [-0.3, -0.25) is 9.59 Å². The van der Waals surface area contributed by atoms with Gasteiger partial charge in [0, 0.05) is 12.8 Å². The zero-order chi connectivity index (χ0) is 8.43. The number of ketones is 1.